The zero-order chi connectivity index (χ0) is 6.50. The van der Waals surface area contributed by atoms with Gasteiger partial charge in [-0.15, -0.1) is 0 Å². The van der Waals surface area contributed by atoms with E-state index in [4.69, 9.17) is 9.59 Å². The van der Waals surface area contributed by atoms with Crippen LogP contribution in [0.15, 0.2) is 0 Å². The second-order valence-electron chi connectivity index (χ2n) is 1.49. The molecule has 0 atom stereocenters. The molecule has 46 valence electrons. The lowest BCUT2D eigenvalue weighted by Gasteiger charge is -1.97. The monoisotopic (exact) mass is 346 g/mol. The maximum absolute atomic E-state index is 8.22. The minimum Gasteiger partial charge on any atom is -0.411 e. The molecule has 0 aliphatic carbocycles. The summed E-state index contributed by atoms with van der Waals surface area (Å²) >= 11 is 4.24. The van der Waals surface area contributed by atoms with Crippen molar-refractivity contribution in [3.05, 3.63) is 0 Å². The molecular weight excluding hydrogens is 338 g/mol. The molecule has 0 spiro atoms. The van der Waals surface area contributed by atoms with Gasteiger partial charge in [-0.25, -0.2) is 0 Å². The van der Waals surface area contributed by atoms with Gasteiger partial charge in [0.15, 0.2) is 0 Å². The second-order valence-corrected chi connectivity index (χ2v) is 4.48. The molecule has 0 amide bonds. The molecule has 0 radical (unpaired) electrons. The third kappa shape index (κ3) is 93.3. The quantitative estimate of drug-likeness (QED) is 0.515. The van der Waals surface area contributed by atoms with E-state index in [0.717, 1.165) is 0 Å². The van der Waals surface area contributed by atoms with Crippen LogP contribution in [0.3, 0.4) is 0 Å². The molecule has 0 bridgehead atoms. The Hall–Kier alpha value is 1.60. The number of hydrogen-bond acceptors (Lipinski definition) is 2. The lowest BCUT2D eigenvalue weighted by atomic mass is 11.9. The Morgan fingerprint density at radius 1 is 1.14 bits per heavy atom. The van der Waals surface area contributed by atoms with Crippen LogP contribution in [0.4, 0.5) is 0 Å². The maximum Gasteiger partial charge on any atom is 0.326 e. The van der Waals surface area contributed by atoms with Crippen LogP contribution in [0.2, 0.25) is 13.1 Å². The van der Waals surface area contributed by atoms with Crippen molar-refractivity contribution < 1.29 is 9.59 Å². The highest BCUT2D eigenvalue weighted by molar-refractivity contribution is 15.0. The first kappa shape index (κ1) is 11.4. The normalized spacial score (nSPS) is 9.43. The molecule has 5 heteroatoms. The largest absolute Gasteiger partial charge is 0.411 e. The van der Waals surface area contributed by atoms with E-state index in [0.29, 0.717) is 0 Å². The van der Waals surface area contributed by atoms with Crippen LogP contribution >= 0.6 is 37.2 Å². The molecule has 0 aromatic heterocycles. The fourth-order valence-corrected chi connectivity index (χ4v) is 0. The Morgan fingerprint density at radius 2 is 1.14 bits per heavy atom. The van der Waals surface area contributed by atoms with Gasteiger partial charge in [-0.05, 0) is 13.1 Å². The Labute approximate surface area is 67.9 Å². The van der Waals surface area contributed by atoms with Crippen molar-refractivity contribution in [2.75, 3.05) is 0 Å². The zero-order valence-electron chi connectivity index (χ0n) is 4.15. The van der Waals surface area contributed by atoms with E-state index in [2.05, 4.69) is 37.2 Å². The minimum atomic E-state index is -2.61. The van der Waals surface area contributed by atoms with Crippen LogP contribution in [0, 0.1) is 0 Å². The van der Waals surface area contributed by atoms with Gasteiger partial charge in [0.1, 0.15) is 0 Å². The summed E-state index contributed by atoms with van der Waals surface area (Å²) < 4.78 is 0. The molecule has 0 saturated heterocycles. The average Bonchev–Trinajstić information content (AvgIpc) is 1.36. The smallest absolute Gasteiger partial charge is 0.326 e. The highest BCUT2D eigenvalue weighted by atomic mass is 128. The van der Waals surface area contributed by atoms with Crippen LogP contribution < -0.4 is 0 Å². The highest BCUT2D eigenvalue weighted by Gasteiger charge is 2.08. The van der Waals surface area contributed by atoms with Crippen LogP contribution in [0.25, 0.3) is 0 Å². The number of halogens is 2. The summed E-state index contributed by atoms with van der Waals surface area (Å²) in [6.45, 7) is 2.88. The Kier molecular flexibility index (Phi) is 9.33. The first-order valence-corrected chi connectivity index (χ1v) is 10.8. The molecule has 2 N–H and O–H groups in total. The summed E-state index contributed by atoms with van der Waals surface area (Å²) in [6, 6.07) is 0. The second kappa shape index (κ2) is 5.73. The van der Waals surface area contributed by atoms with Gasteiger partial charge in [0.2, 0.25) is 0 Å². The van der Waals surface area contributed by atoms with E-state index in [1.54, 1.807) is 0 Å². The lowest BCUT2D eigenvalue weighted by molar-refractivity contribution is 0.382. The van der Waals surface area contributed by atoms with Crippen LogP contribution in [0.1, 0.15) is 0 Å². The summed E-state index contributed by atoms with van der Waals surface area (Å²) in [5.74, 6) is 0. The van der Waals surface area contributed by atoms with Crippen molar-refractivity contribution in [3.63, 3.8) is 0 Å². The Bertz CT molecular complexity index is 29.2. The Balaban J connectivity index is 0. The average molecular weight is 346 g/mol. The maximum atomic E-state index is 8.22. The Morgan fingerprint density at radius 3 is 1.14 bits per heavy atom. The van der Waals surface area contributed by atoms with Crippen molar-refractivity contribution >= 4 is 45.8 Å². The van der Waals surface area contributed by atoms with Gasteiger partial charge in [-0.1, -0.05) is 0 Å². The van der Waals surface area contributed by atoms with E-state index in [1.165, 1.54) is 13.1 Å². The van der Waals surface area contributed by atoms with E-state index < -0.39 is 8.56 Å². The topological polar surface area (TPSA) is 40.5 Å². The van der Waals surface area contributed by atoms with Crippen molar-refractivity contribution in [2.24, 2.45) is 0 Å². The fraction of sp³-hybridized carbons (Fsp3) is 1.00. The first-order chi connectivity index (χ1) is 3.00. The van der Waals surface area contributed by atoms with Crippen LogP contribution in [0.5, 0.6) is 0 Å². The molecule has 0 fully saturated rings. The predicted molar refractivity (Wildman–Crippen MR) is 50.0 cm³/mol. The van der Waals surface area contributed by atoms with E-state index >= 15 is 0 Å². The molecular formula is C2H8I2O2Si. The van der Waals surface area contributed by atoms with Crippen molar-refractivity contribution in [1.82, 2.24) is 0 Å². The lowest BCUT2D eigenvalue weighted by Crippen LogP contribution is -2.23. The first-order valence-electron chi connectivity index (χ1n) is 1.59. The molecule has 0 rings (SSSR count). The van der Waals surface area contributed by atoms with Gasteiger partial charge >= 0.3 is 8.56 Å². The highest BCUT2D eigenvalue weighted by Crippen LogP contribution is 1.89. The summed E-state index contributed by atoms with van der Waals surface area (Å²) in [4.78, 5) is 16.4. The third-order valence-corrected chi connectivity index (χ3v) is 0. The molecule has 2 nitrogen and oxygen atoms in total. The predicted octanol–water partition coefficient (Wildman–Crippen LogP) is 1.44. The van der Waals surface area contributed by atoms with E-state index in [9.17, 15) is 0 Å². The molecule has 7 heavy (non-hydrogen) atoms. The summed E-state index contributed by atoms with van der Waals surface area (Å²) in [6.07, 6.45) is 0. The fourth-order valence-electron chi connectivity index (χ4n) is 0. The van der Waals surface area contributed by atoms with E-state index in [-0.39, 0.29) is 0 Å². The molecule has 0 unspecified atom stereocenters. The molecule has 0 heterocycles. The number of hydrogen-bond donors (Lipinski definition) is 2. The van der Waals surface area contributed by atoms with Crippen molar-refractivity contribution in [3.8, 4) is 0 Å². The van der Waals surface area contributed by atoms with Crippen molar-refractivity contribution in [2.45, 2.75) is 13.1 Å². The SMILES string of the molecule is C[Si](C)(O)O.II. The molecule has 0 aromatic carbocycles. The van der Waals surface area contributed by atoms with Crippen LogP contribution in [-0.2, 0) is 0 Å². The molecule has 0 saturated carbocycles. The summed E-state index contributed by atoms with van der Waals surface area (Å²) in [5.41, 5.74) is 0. The summed E-state index contributed by atoms with van der Waals surface area (Å²) in [7, 11) is -2.61. The van der Waals surface area contributed by atoms with Gasteiger partial charge in [-0.2, -0.15) is 0 Å². The van der Waals surface area contributed by atoms with Gasteiger partial charge in [0, 0.05) is 37.2 Å². The van der Waals surface area contributed by atoms with Gasteiger partial charge in [-0.3, -0.25) is 0 Å². The third-order valence-electron chi connectivity index (χ3n) is 0. The van der Waals surface area contributed by atoms with Gasteiger partial charge in [0.25, 0.3) is 0 Å². The van der Waals surface area contributed by atoms with E-state index in [1.807, 2.05) is 0 Å². The molecule has 0 aromatic rings. The molecule has 0 aliphatic rings. The minimum absolute atomic E-state index is 1.44. The van der Waals surface area contributed by atoms with Crippen molar-refractivity contribution in [1.29, 1.82) is 0 Å². The summed E-state index contributed by atoms with van der Waals surface area (Å²) in [5, 5.41) is 0. The standard InChI is InChI=1S/C2H8O2Si.I2/c1-5(2,3)4;1-2/h3-4H,1-2H3;. The molecule has 0 aliphatic heterocycles. The zero-order valence-corrected chi connectivity index (χ0v) is 9.47. The number of rotatable bonds is 0. The van der Waals surface area contributed by atoms with Gasteiger partial charge in [0.05, 0.1) is 0 Å². The van der Waals surface area contributed by atoms with Crippen LogP contribution in [-0.4, -0.2) is 18.2 Å². The van der Waals surface area contributed by atoms with Gasteiger partial charge < -0.3 is 9.59 Å².